The first-order valence-electron chi connectivity index (χ1n) is 2.69. The van der Waals surface area contributed by atoms with E-state index >= 15 is 0 Å². The zero-order valence-corrected chi connectivity index (χ0v) is 6.46. The van der Waals surface area contributed by atoms with E-state index in [1.54, 1.807) is 0 Å². The van der Waals surface area contributed by atoms with Gasteiger partial charge in [-0.05, 0) is 0 Å². The van der Waals surface area contributed by atoms with Gasteiger partial charge in [0.1, 0.15) is 0 Å². The minimum atomic E-state index is -1.22. The molecule has 1 rings (SSSR count). The predicted molar refractivity (Wildman–Crippen MR) is 39.9 cm³/mol. The van der Waals surface area contributed by atoms with Gasteiger partial charge in [0.25, 0.3) is 0 Å². The molecule has 0 aliphatic carbocycles. The highest BCUT2D eigenvalue weighted by molar-refractivity contribution is 7.09. The highest BCUT2D eigenvalue weighted by Gasteiger charge is 2.17. The summed E-state index contributed by atoms with van der Waals surface area (Å²) < 4.78 is 3.55. The van der Waals surface area contributed by atoms with Crippen molar-refractivity contribution in [2.75, 3.05) is 5.73 Å². The summed E-state index contributed by atoms with van der Waals surface area (Å²) in [5, 5.41) is 15.1. The number of nitrogens with two attached hydrogens (primary N) is 1. The van der Waals surface area contributed by atoms with Crippen LogP contribution in [0.4, 0.5) is 5.13 Å². The molecule has 7 nitrogen and oxygen atoms in total. The zero-order valence-electron chi connectivity index (χ0n) is 5.64. The minimum absolute atomic E-state index is 0.139. The molecule has 0 radical (unpaired) electrons. The number of anilines is 1. The summed E-state index contributed by atoms with van der Waals surface area (Å²) in [5.74, 6) is -1.37. The van der Waals surface area contributed by atoms with Crippen molar-refractivity contribution in [3.63, 3.8) is 0 Å². The largest absolute Gasteiger partial charge is 0.394 e. The van der Waals surface area contributed by atoms with Crippen molar-refractivity contribution in [2.24, 2.45) is 0 Å². The lowest BCUT2D eigenvalue weighted by molar-refractivity contribution is -0.225. The number of carbonyl (C=O) groups is 1. The molecular weight excluding hydrogens is 184 g/mol. The first-order chi connectivity index (χ1) is 5.65. The van der Waals surface area contributed by atoms with Crippen LogP contribution in [-0.2, 0) is 9.68 Å². The van der Waals surface area contributed by atoms with Gasteiger partial charge >= 0.3 is 5.97 Å². The standard InChI is InChI=1S/C4H4N4O3S/c5-1(3(9)11-10)2-7-4(6)12-8-2/h5,10H,(H2,6,7,8). The van der Waals surface area contributed by atoms with Crippen LogP contribution in [0.2, 0.25) is 0 Å². The summed E-state index contributed by atoms with van der Waals surface area (Å²) >= 11 is 0.847. The van der Waals surface area contributed by atoms with Crippen molar-refractivity contribution in [3.05, 3.63) is 5.82 Å². The first-order valence-corrected chi connectivity index (χ1v) is 3.46. The maximum Gasteiger partial charge on any atom is 0.394 e. The van der Waals surface area contributed by atoms with E-state index in [1.807, 2.05) is 0 Å². The van der Waals surface area contributed by atoms with Crippen molar-refractivity contribution < 1.29 is 14.9 Å². The summed E-state index contributed by atoms with van der Waals surface area (Å²) in [7, 11) is 0. The molecule has 0 aliphatic rings. The van der Waals surface area contributed by atoms with Crippen LogP contribution in [0, 0.1) is 5.41 Å². The number of carbonyl (C=O) groups excluding carboxylic acids is 1. The summed E-state index contributed by atoms with van der Waals surface area (Å²) in [5.41, 5.74) is 4.56. The van der Waals surface area contributed by atoms with E-state index < -0.39 is 11.7 Å². The van der Waals surface area contributed by atoms with Gasteiger partial charge in [-0.1, -0.05) is 0 Å². The van der Waals surface area contributed by atoms with E-state index in [9.17, 15) is 4.79 Å². The SMILES string of the molecule is N=C(C(=O)OO)c1nsc(N)n1. The fraction of sp³-hybridized carbons (Fsp3) is 0. The van der Waals surface area contributed by atoms with E-state index in [0.29, 0.717) is 0 Å². The van der Waals surface area contributed by atoms with Gasteiger partial charge in [0.2, 0.25) is 0 Å². The van der Waals surface area contributed by atoms with Crippen LogP contribution < -0.4 is 5.73 Å². The maximum absolute atomic E-state index is 10.5. The number of rotatable bonds is 2. The Morgan fingerprint density at radius 2 is 2.42 bits per heavy atom. The quantitative estimate of drug-likeness (QED) is 0.327. The molecule has 1 aromatic heterocycles. The molecule has 12 heavy (non-hydrogen) atoms. The molecule has 0 fully saturated rings. The van der Waals surface area contributed by atoms with Gasteiger partial charge in [-0.3, -0.25) is 10.3 Å². The topological polar surface area (TPSA) is 122 Å². The molecule has 4 N–H and O–H groups in total. The minimum Gasteiger partial charge on any atom is -0.374 e. The predicted octanol–water partition coefficient (Wildman–Crippen LogP) is -0.496. The summed E-state index contributed by atoms with van der Waals surface area (Å²) in [4.78, 5) is 17.3. The number of aromatic nitrogens is 2. The molecule has 0 atom stereocenters. The van der Waals surface area contributed by atoms with Crippen LogP contribution in [0.5, 0.6) is 0 Å². The normalized spacial score (nSPS) is 9.42. The third-order valence-corrected chi connectivity index (χ3v) is 1.49. The second-order valence-electron chi connectivity index (χ2n) is 1.71. The fourth-order valence-electron chi connectivity index (χ4n) is 0.474. The first kappa shape index (κ1) is 8.56. The molecule has 0 amide bonds. The number of nitrogen functional groups attached to an aromatic ring is 1. The zero-order chi connectivity index (χ0) is 9.14. The van der Waals surface area contributed by atoms with E-state index in [1.165, 1.54) is 0 Å². The molecule has 0 unspecified atom stereocenters. The van der Waals surface area contributed by atoms with Crippen LogP contribution in [0.3, 0.4) is 0 Å². The number of hydrogen-bond donors (Lipinski definition) is 3. The van der Waals surface area contributed by atoms with Crippen LogP contribution in [0.1, 0.15) is 5.82 Å². The van der Waals surface area contributed by atoms with Crippen molar-refractivity contribution in [2.45, 2.75) is 0 Å². The van der Waals surface area contributed by atoms with Crippen molar-refractivity contribution in [1.29, 1.82) is 5.41 Å². The molecule has 0 saturated heterocycles. The van der Waals surface area contributed by atoms with Crippen molar-refractivity contribution in [3.8, 4) is 0 Å². The summed E-state index contributed by atoms with van der Waals surface area (Å²) in [6.07, 6.45) is 0. The van der Waals surface area contributed by atoms with E-state index in [0.717, 1.165) is 11.5 Å². The Morgan fingerprint density at radius 3 is 2.83 bits per heavy atom. The molecule has 0 aliphatic heterocycles. The molecule has 0 bridgehead atoms. The highest BCUT2D eigenvalue weighted by atomic mass is 32.1. The molecule has 1 heterocycles. The lowest BCUT2D eigenvalue weighted by Gasteiger charge is -1.91. The van der Waals surface area contributed by atoms with Gasteiger partial charge in [-0.25, -0.2) is 4.79 Å². The smallest absolute Gasteiger partial charge is 0.374 e. The molecule has 64 valence electrons. The Hall–Kier alpha value is -1.54. The molecule has 0 spiro atoms. The Kier molecular flexibility index (Phi) is 2.31. The average molecular weight is 188 g/mol. The lowest BCUT2D eigenvalue weighted by Crippen LogP contribution is -2.17. The Bertz CT molecular complexity index is 322. The van der Waals surface area contributed by atoms with E-state index in [2.05, 4.69) is 14.2 Å². The molecule has 0 saturated carbocycles. The third kappa shape index (κ3) is 1.54. The maximum atomic E-state index is 10.5. The third-order valence-electron chi connectivity index (χ3n) is 0.952. The summed E-state index contributed by atoms with van der Waals surface area (Å²) in [6, 6.07) is 0. The lowest BCUT2D eigenvalue weighted by atomic mass is 10.4. The molecule has 8 heteroatoms. The Balaban J connectivity index is 2.85. The Labute approximate surface area is 70.4 Å². The average Bonchev–Trinajstić information content (AvgIpc) is 2.49. The molecular formula is C4H4N4O3S. The van der Waals surface area contributed by atoms with Gasteiger partial charge in [0.05, 0.1) is 0 Å². The Morgan fingerprint density at radius 1 is 1.75 bits per heavy atom. The highest BCUT2D eigenvalue weighted by Crippen LogP contribution is 2.06. The monoisotopic (exact) mass is 188 g/mol. The van der Waals surface area contributed by atoms with Crippen molar-refractivity contribution in [1.82, 2.24) is 9.36 Å². The van der Waals surface area contributed by atoms with Gasteiger partial charge in [-0.15, -0.1) is 0 Å². The van der Waals surface area contributed by atoms with Crippen LogP contribution >= 0.6 is 11.5 Å². The number of nitrogens with one attached hydrogen (secondary N) is 1. The van der Waals surface area contributed by atoms with Crippen molar-refractivity contribution >= 4 is 28.3 Å². The van der Waals surface area contributed by atoms with Crippen LogP contribution in [-0.4, -0.2) is 26.3 Å². The van der Waals surface area contributed by atoms with Gasteiger partial charge < -0.3 is 5.73 Å². The second kappa shape index (κ2) is 3.24. The number of nitrogens with zero attached hydrogens (tertiary/aromatic N) is 2. The van der Waals surface area contributed by atoms with Gasteiger partial charge in [0, 0.05) is 11.5 Å². The van der Waals surface area contributed by atoms with Gasteiger partial charge in [0.15, 0.2) is 16.7 Å². The van der Waals surface area contributed by atoms with Gasteiger partial charge in [-0.2, -0.15) is 14.6 Å². The fourth-order valence-corrected chi connectivity index (χ4v) is 0.913. The summed E-state index contributed by atoms with van der Waals surface area (Å²) in [6.45, 7) is 0. The van der Waals surface area contributed by atoms with E-state index in [4.69, 9.17) is 16.4 Å². The number of hydrogen-bond acceptors (Lipinski definition) is 8. The molecule has 0 aromatic carbocycles. The molecule has 1 aromatic rings. The van der Waals surface area contributed by atoms with Crippen LogP contribution in [0.15, 0.2) is 0 Å². The second-order valence-corrected chi connectivity index (χ2v) is 2.49. The van der Waals surface area contributed by atoms with Crippen LogP contribution in [0.25, 0.3) is 0 Å². The van der Waals surface area contributed by atoms with E-state index in [-0.39, 0.29) is 11.0 Å².